The third kappa shape index (κ3) is 4.04. The Morgan fingerprint density at radius 3 is 2.45 bits per heavy atom. The van der Waals surface area contributed by atoms with Crippen LogP contribution in [0.5, 0.6) is 5.75 Å². The molecule has 122 valence electrons. The van der Waals surface area contributed by atoms with Gasteiger partial charge in [-0.15, -0.1) is 0 Å². The van der Waals surface area contributed by atoms with Gasteiger partial charge in [-0.25, -0.2) is 0 Å². The summed E-state index contributed by atoms with van der Waals surface area (Å²) in [5.41, 5.74) is 0.745. The van der Waals surface area contributed by atoms with Crippen molar-refractivity contribution in [2.24, 2.45) is 5.92 Å². The molecule has 0 saturated carbocycles. The number of hydrogen-bond donors (Lipinski definition) is 3. The number of likely N-dealkylation sites (tertiary alicyclic amines) is 1. The Bertz CT molecular complexity index is 545. The minimum Gasteiger partial charge on any atom is -0.508 e. The molecule has 1 aromatic carbocycles. The van der Waals surface area contributed by atoms with Crippen LogP contribution in [-0.4, -0.2) is 51.9 Å². The maximum atomic E-state index is 11.8. The number of aromatic hydroxyl groups is 1. The van der Waals surface area contributed by atoms with Gasteiger partial charge in [-0.05, 0) is 36.8 Å². The van der Waals surface area contributed by atoms with Crippen LogP contribution in [0.3, 0.4) is 0 Å². The molecule has 1 amide bonds. The van der Waals surface area contributed by atoms with E-state index in [0.717, 1.165) is 18.4 Å². The first-order chi connectivity index (χ1) is 10.4. The van der Waals surface area contributed by atoms with Crippen molar-refractivity contribution < 1.29 is 20.1 Å². The van der Waals surface area contributed by atoms with Crippen LogP contribution in [0.1, 0.15) is 18.4 Å². The smallest absolute Gasteiger partial charge is 0.253 e. The van der Waals surface area contributed by atoms with Gasteiger partial charge in [0.25, 0.3) is 5.91 Å². The first kappa shape index (κ1) is 17.3. The lowest BCUT2D eigenvalue weighted by atomic mass is 9.89. The zero-order valence-corrected chi connectivity index (χ0v) is 13.5. The van der Waals surface area contributed by atoms with E-state index >= 15 is 0 Å². The molecule has 0 aromatic heterocycles. The van der Waals surface area contributed by atoms with Gasteiger partial charge in [0.05, 0.1) is 16.7 Å². The van der Waals surface area contributed by atoms with Crippen molar-refractivity contribution in [2.75, 3.05) is 19.7 Å². The zero-order valence-electron chi connectivity index (χ0n) is 12.0. The molecule has 1 atom stereocenters. The summed E-state index contributed by atoms with van der Waals surface area (Å²) in [5.74, 6) is 0.0143. The van der Waals surface area contributed by atoms with Crippen LogP contribution >= 0.6 is 23.2 Å². The number of rotatable bonds is 4. The normalized spacial score (nSPS) is 17.5. The maximum absolute atomic E-state index is 11.8. The highest BCUT2D eigenvalue weighted by Crippen LogP contribution is 2.33. The largest absolute Gasteiger partial charge is 0.508 e. The number of hydrogen-bond acceptors (Lipinski definition) is 4. The molecule has 0 aliphatic carbocycles. The monoisotopic (exact) mass is 347 g/mol. The molecular weight excluding hydrogens is 329 g/mol. The number of phenols is 1. The average Bonchev–Trinajstić information content (AvgIpc) is 2.52. The zero-order chi connectivity index (χ0) is 16.3. The summed E-state index contributed by atoms with van der Waals surface area (Å²) in [6, 6.07) is 3.11. The summed E-state index contributed by atoms with van der Waals surface area (Å²) in [4.78, 5) is 13.3. The summed E-state index contributed by atoms with van der Waals surface area (Å²) in [6.07, 6.45) is 0.858. The van der Waals surface area contributed by atoms with Crippen molar-refractivity contribution in [2.45, 2.75) is 25.4 Å². The van der Waals surface area contributed by atoms with E-state index in [1.807, 2.05) is 0 Å². The predicted octanol–water partition coefficient (Wildman–Crippen LogP) is 1.83. The van der Waals surface area contributed by atoms with E-state index in [2.05, 4.69) is 0 Å². The highest BCUT2D eigenvalue weighted by molar-refractivity contribution is 6.42. The Morgan fingerprint density at radius 1 is 1.27 bits per heavy atom. The van der Waals surface area contributed by atoms with Crippen LogP contribution in [-0.2, 0) is 11.2 Å². The van der Waals surface area contributed by atoms with E-state index in [1.165, 1.54) is 6.07 Å². The lowest BCUT2D eigenvalue weighted by molar-refractivity contribution is -0.143. The Labute approximate surface area is 139 Å². The quantitative estimate of drug-likeness (QED) is 0.776. The van der Waals surface area contributed by atoms with E-state index in [9.17, 15) is 15.0 Å². The molecule has 1 unspecified atom stereocenters. The minimum atomic E-state index is -1.34. The predicted molar refractivity (Wildman–Crippen MR) is 84.2 cm³/mol. The second-order valence-electron chi connectivity index (χ2n) is 5.57. The van der Waals surface area contributed by atoms with Crippen LogP contribution in [0.2, 0.25) is 10.0 Å². The third-order valence-corrected chi connectivity index (χ3v) is 4.74. The lowest BCUT2D eigenvalue weighted by Crippen LogP contribution is -2.45. The highest BCUT2D eigenvalue weighted by Gasteiger charge is 2.27. The summed E-state index contributed by atoms with van der Waals surface area (Å²) in [7, 11) is 0. The summed E-state index contributed by atoms with van der Waals surface area (Å²) in [5, 5.41) is 28.8. The van der Waals surface area contributed by atoms with Gasteiger partial charge in [-0.2, -0.15) is 0 Å². The number of halogens is 2. The molecule has 1 aliphatic heterocycles. The number of phenolic OH excluding ortho intramolecular Hbond substituents is 1. The van der Waals surface area contributed by atoms with Gasteiger partial charge in [0.2, 0.25) is 0 Å². The fourth-order valence-electron chi connectivity index (χ4n) is 2.70. The average molecular weight is 348 g/mol. The lowest BCUT2D eigenvalue weighted by Gasteiger charge is -2.33. The van der Waals surface area contributed by atoms with Gasteiger partial charge in [0.15, 0.2) is 6.10 Å². The number of benzene rings is 1. The van der Waals surface area contributed by atoms with Crippen LogP contribution in [0.25, 0.3) is 0 Å². The van der Waals surface area contributed by atoms with Gasteiger partial charge < -0.3 is 20.2 Å². The molecule has 7 heteroatoms. The molecule has 0 radical (unpaired) electrons. The second kappa shape index (κ2) is 7.51. The SMILES string of the molecule is O=C(C(O)CO)N1CCC(Cc2cc(Cl)c(Cl)cc2O)CC1. The maximum Gasteiger partial charge on any atom is 0.253 e. The van der Waals surface area contributed by atoms with E-state index in [4.69, 9.17) is 28.3 Å². The highest BCUT2D eigenvalue weighted by atomic mass is 35.5. The first-order valence-corrected chi connectivity index (χ1v) is 7.92. The van der Waals surface area contributed by atoms with Gasteiger partial charge in [0.1, 0.15) is 5.75 Å². The van der Waals surface area contributed by atoms with E-state index in [0.29, 0.717) is 35.5 Å². The molecule has 2 rings (SSSR count). The van der Waals surface area contributed by atoms with Gasteiger partial charge in [0, 0.05) is 19.2 Å². The van der Waals surface area contributed by atoms with Crippen molar-refractivity contribution in [3.63, 3.8) is 0 Å². The van der Waals surface area contributed by atoms with Crippen molar-refractivity contribution in [1.82, 2.24) is 4.90 Å². The van der Waals surface area contributed by atoms with Crippen molar-refractivity contribution in [3.05, 3.63) is 27.7 Å². The fourth-order valence-corrected chi connectivity index (χ4v) is 3.04. The number of carbonyl (C=O) groups is 1. The fraction of sp³-hybridized carbons (Fsp3) is 0.533. The molecule has 0 bridgehead atoms. The Kier molecular flexibility index (Phi) is 5.92. The van der Waals surface area contributed by atoms with Gasteiger partial charge >= 0.3 is 0 Å². The van der Waals surface area contributed by atoms with Crippen molar-refractivity contribution in [1.29, 1.82) is 0 Å². The first-order valence-electron chi connectivity index (χ1n) is 7.17. The summed E-state index contributed by atoms with van der Waals surface area (Å²) < 4.78 is 0. The van der Waals surface area contributed by atoms with E-state index < -0.39 is 18.6 Å². The number of nitrogens with zero attached hydrogens (tertiary/aromatic N) is 1. The Hall–Kier alpha value is -1.01. The molecule has 1 aliphatic rings. The standard InChI is InChI=1S/C15H19Cl2NO4/c16-11-6-10(13(20)7-12(11)17)5-9-1-3-18(4-2-9)15(22)14(21)8-19/h6-7,9,14,19-21H,1-5,8H2. The van der Waals surface area contributed by atoms with Gasteiger partial charge in [-0.1, -0.05) is 23.2 Å². The molecule has 3 N–H and O–H groups in total. The molecule has 0 spiro atoms. The number of aliphatic hydroxyl groups excluding tert-OH is 2. The molecule has 1 heterocycles. The minimum absolute atomic E-state index is 0.128. The van der Waals surface area contributed by atoms with Crippen LogP contribution in [0, 0.1) is 5.92 Å². The topological polar surface area (TPSA) is 81.0 Å². The van der Waals surface area contributed by atoms with Crippen molar-refractivity contribution in [3.8, 4) is 5.75 Å². The summed E-state index contributed by atoms with van der Waals surface area (Å²) >= 11 is 11.8. The molecule has 1 saturated heterocycles. The van der Waals surface area contributed by atoms with Crippen LogP contribution in [0.15, 0.2) is 12.1 Å². The van der Waals surface area contributed by atoms with Gasteiger partial charge in [-0.3, -0.25) is 4.79 Å². The van der Waals surface area contributed by atoms with E-state index in [1.54, 1.807) is 11.0 Å². The molecular formula is C15H19Cl2NO4. The number of piperidine rings is 1. The Morgan fingerprint density at radius 2 is 1.86 bits per heavy atom. The second-order valence-corrected chi connectivity index (χ2v) is 6.38. The van der Waals surface area contributed by atoms with Crippen LogP contribution in [0.4, 0.5) is 0 Å². The molecule has 1 fully saturated rings. The number of aliphatic hydroxyl groups is 2. The summed E-state index contributed by atoms with van der Waals surface area (Å²) in [6.45, 7) is 0.501. The number of carbonyl (C=O) groups excluding carboxylic acids is 1. The molecule has 1 aromatic rings. The van der Waals surface area contributed by atoms with E-state index in [-0.39, 0.29) is 5.75 Å². The Balaban J connectivity index is 1.93. The third-order valence-electron chi connectivity index (χ3n) is 4.01. The van der Waals surface area contributed by atoms with Crippen molar-refractivity contribution >= 4 is 29.1 Å². The molecule has 22 heavy (non-hydrogen) atoms. The van der Waals surface area contributed by atoms with Crippen LogP contribution < -0.4 is 0 Å². The molecule has 5 nitrogen and oxygen atoms in total. The number of amides is 1.